The second-order valence-corrected chi connectivity index (χ2v) is 7.54. The third kappa shape index (κ3) is 4.41. The average molecular weight is 407 g/mol. The molecule has 0 aliphatic rings. The van der Waals surface area contributed by atoms with Crippen LogP contribution >= 0.6 is 11.3 Å². The number of rotatable bonds is 6. The molecule has 2 aromatic carbocycles. The Balaban J connectivity index is 1.39. The van der Waals surface area contributed by atoms with Gasteiger partial charge in [0.25, 0.3) is 11.8 Å². The first-order chi connectivity index (χ1) is 14.1. The van der Waals surface area contributed by atoms with Crippen molar-refractivity contribution in [2.24, 2.45) is 0 Å². The molecule has 0 atom stereocenters. The lowest BCUT2D eigenvalue weighted by Gasteiger charge is -2.05. The van der Waals surface area contributed by atoms with E-state index in [1.165, 1.54) is 22.6 Å². The molecule has 0 unspecified atom stereocenters. The summed E-state index contributed by atoms with van der Waals surface area (Å²) < 4.78 is 18.3. The van der Waals surface area contributed by atoms with Crippen LogP contribution in [0.5, 0.6) is 0 Å². The lowest BCUT2D eigenvalue weighted by atomic mass is 10.1. The maximum Gasteiger partial charge on any atom is 0.258 e. The average Bonchev–Trinajstić information content (AvgIpc) is 3.38. The third-order valence-corrected chi connectivity index (χ3v) is 5.61. The zero-order valence-electron chi connectivity index (χ0n) is 15.7. The Kier molecular flexibility index (Phi) is 5.48. The molecule has 2 heterocycles. The fourth-order valence-corrected chi connectivity index (χ4v) is 3.78. The molecule has 29 heavy (non-hydrogen) atoms. The number of hydrogen-bond donors (Lipinski definition) is 1. The van der Waals surface area contributed by atoms with Gasteiger partial charge in [-0.3, -0.25) is 4.79 Å². The molecule has 0 radical (unpaired) electrons. The molecule has 4 aromatic rings. The van der Waals surface area contributed by atoms with Gasteiger partial charge in [-0.05, 0) is 78.9 Å². The summed E-state index contributed by atoms with van der Waals surface area (Å²) in [6, 6.07) is 14.9. The first-order valence-electron chi connectivity index (χ1n) is 9.11. The molecule has 0 spiro atoms. The Morgan fingerprint density at radius 2 is 1.79 bits per heavy atom. The molecule has 0 fully saturated rings. The van der Waals surface area contributed by atoms with Crippen molar-refractivity contribution in [3.05, 3.63) is 81.8 Å². The van der Waals surface area contributed by atoms with Crippen LogP contribution in [0.25, 0.3) is 22.8 Å². The number of hydrogen-bond acceptors (Lipinski definition) is 5. The second-order valence-electron chi connectivity index (χ2n) is 6.54. The van der Waals surface area contributed by atoms with Gasteiger partial charge in [-0.2, -0.15) is 4.98 Å². The highest BCUT2D eigenvalue weighted by atomic mass is 32.1. The van der Waals surface area contributed by atoms with Gasteiger partial charge < -0.3 is 9.84 Å². The van der Waals surface area contributed by atoms with Gasteiger partial charge in [0.15, 0.2) is 0 Å². The van der Waals surface area contributed by atoms with Crippen molar-refractivity contribution in [2.45, 2.75) is 13.3 Å². The number of benzene rings is 2. The molecule has 4 rings (SSSR count). The van der Waals surface area contributed by atoms with Crippen LogP contribution in [0.2, 0.25) is 0 Å². The predicted octanol–water partition coefficient (Wildman–Crippen LogP) is 4.89. The normalized spacial score (nSPS) is 10.8. The van der Waals surface area contributed by atoms with Crippen LogP contribution in [0, 0.1) is 12.7 Å². The van der Waals surface area contributed by atoms with E-state index in [0.717, 1.165) is 6.42 Å². The minimum Gasteiger partial charge on any atom is -0.352 e. The second kappa shape index (κ2) is 8.36. The van der Waals surface area contributed by atoms with Crippen molar-refractivity contribution < 1.29 is 13.7 Å². The molecule has 5 nitrogen and oxygen atoms in total. The Morgan fingerprint density at radius 1 is 1.07 bits per heavy atom. The number of halogens is 1. The van der Waals surface area contributed by atoms with E-state index in [1.807, 2.05) is 0 Å². The molecule has 0 bridgehead atoms. The Labute approximate surface area is 171 Å². The molecule has 146 valence electrons. The van der Waals surface area contributed by atoms with Crippen LogP contribution < -0.4 is 5.32 Å². The predicted molar refractivity (Wildman–Crippen MR) is 110 cm³/mol. The standard InChI is InChI=1S/C22H18FN3O2S/c1-14-11-13-29-19(14)10-12-24-21(27)16-2-4-17(5-3-16)22-25-20(26-28-22)15-6-8-18(23)9-7-15/h2-9,11,13H,10,12H2,1H3,(H,24,27). The summed E-state index contributed by atoms with van der Waals surface area (Å²) >= 11 is 1.70. The summed E-state index contributed by atoms with van der Waals surface area (Å²) in [7, 11) is 0. The van der Waals surface area contributed by atoms with Crippen LogP contribution in [-0.4, -0.2) is 22.6 Å². The molecule has 0 saturated carbocycles. The van der Waals surface area contributed by atoms with Crippen molar-refractivity contribution in [1.82, 2.24) is 15.5 Å². The molecule has 0 aliphatic heterocycles. The van der Waals surface area contributed by atoms with E-state index in [9.17, 15) is 9.18 Å². The van der Waals surface area contributed by atoms with Gasteiger partial charge in [-0.1, -0.05) is 5.16 Å². The number of aryl methyl sites for hydroxylation is 1. The zero-order valence-corrected chi connectivity index (χ0v) is 16.5. The van der Waals surface area contributed by atoms with Gasteiger partial charge in [0.1, 0.15) is 5.82 Å². The fourth-order valence-electron chi connectivity index (χ4n) is 2.87. The summed E-state index contributed by atoms with van der Waals surface area (Å²) in [5.41, 5.74) is 3.19. The molecule has 1 amide bonds. The van der Waals surface area contributed by atoms with Crippen LogP contribution in [0.1, 0.15) is 20.8 Å². The maximum atomic E-state index is 13.0. The topological polar surface area (TPSA) is 68.0 Å². The van der Waals surface area contributed by atoms with Gasteiger partial charge in [-0.15, -0.1) is 11.3 Å². The molecule has 0 aliphatic carbocycles. The summed E-state index contributed by atoms with van der Waals surface area (Å²) in [5, 5.41) is 8.93. The number of aromatic nitrogens is 2. The van der Waals surface area contributed by atoms with Crippen molar-refractivity contribution in [3.63, 3.8) is 0 Å². The van der Waals surface area contributed by atoms with E-state index in [2.05, 4.69) is 33.8 Å². The van der Waals surface area contributed by atoms with Crippen LogP contribution in [0.3, 0.4) is 0 Å². The van der Waals surface area contributed by atoms with Gasteiger partial charge in [-0.25, -0.2) is 4.39 Å². The van der Waals surface area contributed by atoms with E-state index < -0.39 is 0 Å². The fraction of sp³-hybridized carbons (Fsp3) is 0.136. The highest BCUT2D eigenvalue weighted by molar-refractivity contribution is 7.10. The number of carbonyl (C=O) groups is 1. The number of thiophene rings is 1. The number of nitrogens with one attached hydrogen (secondary N) is 1. The first kappa shape index (κ1) is 19.0. The van der Waals surface area contributed by atoms with Crippen LogP contribution in [-0.2, 0) is 6.42 Å². The number of carbonyl (C=O) groups excluding carboxylic acids is 1. The minimum atomic E-state index is -0.322. The first-order valence-corrected chi connectivity index (χ1v) is 9.99. The summed E-state index contributed by atoms with van der Waals surface area (Å²) in [5.74, 6) is 0.273. The van der Waals surface area contributed by atoms with Gasteiger partial charge >= 0.3 is 0 Å². The van der Waals surface area contributed by atoms with E-state index in [0.29, 0.717) is 35.0 Å². The summed E-state index contributed by atoms with van der Waals surface area (Å²) in [4.78, 5) is 18.0. The molecule has 1 N–H and O–H groups in total. The smallest absolute Gasteiger partial charge is 0.258 e. The minimum absolute atomic E-state index is 0.122. The van der Waals surface area contributed by atoms with Gasteiger partial charge in [0.2, 0.25) is 5.82 Å². The molecule has 7 heteroatoms. The highest BCUT2D eigenvalue weighted by Gasteiger charge is 2.12. The van der Waals surface area contributed by atoms with Crippen LogP contribution in [0.15, 0.2) is 64.5 Å². The van der Waals surface area contributed by atoms with E-state index >= 15 is 0 Å². The highest BCUT2D eigenvalue weighted by Crippen LogP contribution is 2.23. The van der Waals surface area contributed by atoms with Crippen molar-refractivity contribution in [2.75, 3.05) is 6.54 Å². The Hall–Kier alpha value is -3.32. The largest absolute Gasteiger partial charge is 0.352 e. The quantitative estimate of drug-likeness (QED) is 0.494. The molecule has 0 saturated heterocycles. The number of nitrogens with zero attached hydrogens (tertiary/aromatic N) is 2. The van der Waals surface area contributed by atoms with Crippen LogP contribution in [0.4, 0.5) is 4.39 Å². The van der Waals surface area contributed by atoms with Crippen molar-refractivity contribution >= 4 is 17.2 Å². The van der Waals surface area contributed by atoms with Crippen molar-refractivity contribution in [1.29, 1.82) is 0 Å². The lowest BCUT2D eigenvalue weighted by Crippen LogP contribution is -2.25. The van der Waals surface area contributed by atoms with Gasteiger partial charge in [0, 0.05) is 28.1 Å². The zero-order chi connectivity index (χ0) is 20.2. The Morgan fingerprint density at radius 3 is 2.48 bits per heavy atom. The summed E-state index contributed by atoms with van der Waals surface area (Å²) in [6.45, 7) is 2.66. The van der Waals surface area contributed by atoms with E-state index in [-0.39, 0.29) is 11.7 Å². The molecular formula is C22H18FN3O2S. The lowest BCUT2D eigenvalue weighted by molar-refractivity contribution is 0.0954. The monoisotopic (exact) mass is 407 g/mol. The van der Waals surface area contributed by atoms with E-state index in [4.69, 9.17) is 4.52 Å². The third-order valence-electron chi connectivity index (χ3n) is 4.53. The van der Waals surface area contributed by atoms with Crippen molar-refractivity contribution in [3.8, 4) is 22.8 Å². The van der Waals surface area contributed by atoms with Gasteiger partial charge in [0.05, 0.1) is 0 Å². The maximum absolute atomic E-state index is 13.0. The molecular weight excluding hydrogens is 389 g/mol. The number of amides is 1. The van der Waals surface area contributed by atoms with E-state index in [1.54, 1.807) is 47.7 Å². The Bertz CT molecular complexity index is 1120. The molecule has 2 aromatic heterocycles. The summed E-state index contributed by atoms with van der Waals surface area (Å²) in [6.07, 6.45) is 0.821. The SMILES string of the molecule is Cc1ccsc1CCNC(=O)c1ccc(-c2nc(-c3ccc(F)cc3)no2)cc1.